The highest BCUT2D eigenvalue weighted by molar-refractivity contribution is 7.12. The van der Waals surface area contributed by atoms with Crippen LogP contribution in [-0.2, 0) is 11.3 Å². The number of carbonyl (C=O) groups is 1. The molecule has 0 saturated heterocycles. The van der Waals surface area contributed by atoms with Gasteiger partial charge in [-0.1, -0.05) is 56.0 Å². The lowest BCUT2D eigenvalue weighted by atomic mass is 10.0. The Kier molecular flexibility index (Phi) is 6.05. The SMILES string of the molecule is O=C(CCC1CCCC1)NCc1ccc(C(O)c2ccccc2)s1. The van der Waals surface area contributed by atoms with Crippen LogP contribution < -0.4 is 5.32 Å². The minimum absolute atomic E-state index is 0.139. The summed E-state index contributed by atoms with van der Waals surface area (Å²) in [7, 11) is 0. The monoisotopic (exact) mass is 343 g/mol. The second-order valence-corrected chi connectivity index (χ2v) is 7.78. The smallest absolute Gasteiger partial charge is 0.220 e. The maximum absolute atomic E-state index is 12.0. The third-order valence-corrected chi connectivity index (χ3v) is 5.92. The van der Waals surface area contributed by atoms with Crippen molar-refractivity contribution in [3.05, 3.63) is 57.8 Å². The van der Waals surface area contributed by atoms with Crippen LogP contribution in [0, 0.1) is 5.92 Å². The lowest BCUT2D eigenvalue weighted by Crippen LogP contribution is -2.22. The molecule has 2 N–H and O–H groups in total. The second-order valence-electron chi connectivity index (χ2n) is 6.58. The molecule has 1 heterocycles. The molecule has 0 radical (unpaired) electrons. The molecule has 1 unspecified atom stereocenters. The Morgan fingerprint density at radius 3 is 2.67 bits per heavy atom. The minimum Gasteiger partial charge on any atom is -0.383 e. The third kappa shape index (κ3) is 4.68. The van der Waals surface area contributed by atoms with Gasteiger partial charge in [-0.3, -0.25) is 4.79 Å². The molecule has 128 valence electrons. The Morgan fingerprint density at radius 1 is 1.17 bits per heavy atom. The van der Waals surface area contributed by atoms with Crippen LogP contribution in [0.25, 0.3) is 0 Å². The molecule has 24 heavy (non-hydrogen) atoms. The number of aliphatic hydroxyl groups excluding tert-OH is 1. The molecular formula is C20H25NO2S. The summed E-state index contributed by atoms with van der Waals surface area (Å²) in [5.41, 5.74) is 0.895. The molecule has 0 aliphatic heterocycles. The van der Waals surface area contributed by atoms with E-state index in [-0.39, 0.29) is 5.91 Å². The Labute approximate surface area is 147 Å². The summed E-state index contributed by atoms with van der Waals surface area (Å²) in [6, 6.07) is 13.6. The zero-order valence-corrected chi connectivity index (χ0v) is 14.7. The van der Waals surface area contributed by atoms with Gasteiger partial charge in [-0.2, -0.15) is 0 Å². The second kappa shape index (κ2) is 8.45. The van der Waals surface area contributed by atoms with Crippen molar-refractivity contribution in [2.75, 3.05) is 0 Å². The molecule has 3 rings (SSSR count). The number of amides is 1. The van der Waals surface area contributed by atoms with Crippen LogP contribution in [-0.4, -0.2) is 11.0 Å². The Balaban J connectivity index is 1.46. The molecule has 3 nitrogen and oxygen atoms in total. The van der Waals surface area contributed by atoms with Gasteiger partial charge in [-0.05, 0) is 30.0 Å². The van der Waals surface area contributed by atoms with Gasteiger partial charge in [-0.25, -0.2) is 0 Å². The number of thiophene rings is 1. The van der Waals surface area contributed by atoms with Crippen LogP contribution in [0.15, 0.2) is 42.5 Å². The first-order chi connectivity index (χ1) is 11.7. The van der Waals surface area contributed by atoms with Crippen LogP contribution in [0.2, 0.25) is 0 Å². The van der Waals surface area contributed by atoms with E-state index < -0.39 is 6.10 Å². The zero-order chi connectivity index (χ0) is 16.8. The van der Waals surface area contributed by atoms with Gasteiger partial charge in [0.05, 0.1) is 6.54 Å². The van der Waals surface area contributed by atoms with E-state index in [9.17, 15) is 9.90 Å². The summed E-state index contributed by atoms with van der Waals surface area (Å²) in [5.74, 6) is 0.894. The van der Waals surface area contributed by atoms with E-state index in [0.29, 0.717) is 13.0 Å². The van der Waals surface area contributed by atoms with Gasteiger partial charge in [-0.15, -0.1) is 11.3 Å². The molecule has 1 atom stereocenters. The van der Waals surface area contributed by atoms with Crippen molar-refractivity contribution in [2.24, 2.45) is 5.92 Å². The fraction of sp³-hybridized carbons (Fsp3) is 0.450. The largest absolute Gasteiger partial charge is 0.383 e. The van der Waals surface area contributed by atoms with Crippen molar-refractivity contribution in [3.8, 4) is 0 Å². The number of rotatable bonds is 7. The molecule has 0 bridgehead atoms. The average molecular weight is 343 g/mol. The zero-order valence-electron chi connectivity index (χ0n) is 13.9. The molecule has 1 aromatic carbocycles. The highest BCUT2D eigenvalue weighted by atomic mass is 32.1. The third-order valence-electron chi connectivity index (χ3n) is 4.78. The van der Waals surface area contributed by atoms with Gasteiger partial charge in [0.2, 0.25) is 5.91 Å². The van der Waals surface area contributed by atoms with Crippen LogP contribution in [0.1, 0.15) is 59.9 Å². The predicted molar refractivity (Wildman–Crippen MR) is 97.9 cm³/mol. The topological polar surface area (TPSA) is 49.3 Å². The van der Waals surface area contributed by atoms with E-state index in [1.54, 1.807) is 11.3 Å². The van der Waals surface area contributed by atoms with E-state index in [1.165, 1.54) is 25.7 Å². The molecule has 4 heteroatoms. The summed E-state index contributed by atoms with van der Waals surface area (Å²) in [6.07, 6.45) is 6.30. The first-order valence-corrected chi connectivity index (χ1v) is 9.62. The highest BCUT2D eigenvalue weighted by Crippen LogP contribution is 2.29. The summed E-state index contributed by atoms with van der Waals surface area (Å²) in [6.45, 7) is 0.551. The van der Waals surface area contributed by atoms with Crippen molar-refractivity contribution in [3.63, 3.8) is 0 Å². The highest BCUT2D eigenvalue weighted by Gasteiger charge is 2.16. The minimum atomic E-state index is -0.594. The van der Waals surface area contributed by atoms with Crippen molar-refractivity contribution >= 4 is 17.2 Å². The van der Waals surface area contributed by atoms with Crippen LogP contribution in [0.5, 0.6) is 0 Å². The number of hydrogen-bond donors (Lipinski definition) is 2. The normalized spacial score (nSPS) is 16.2. The predicted octanol–water partition coefficient (Wildman–Crippen LogP) is 4.42. The van der Waals surface area contributed by atoms with Crippen molar-refractivity contribution in [2.45, 2.75) is 51.2 Å². The molecular weight excluding hydrogens is 318 g/mol. The lowest BCUT2D eigenvalue weighted by Gasteiger charge is -2.09. The van der Waals surface area contributed by atoms with Crippen molar-refractivity contribution < 1.29 is 9.90 Å². The van der Waals surface area contributed by atoms with E-state index in [0.717, 1.165) is 27.7 Å². The van der Waals surface area contributed by atoms with Crippen LogP contribution in [0.3, 0.4) is 0 Å². The van der Waals surface area contributed by atoms with Gasteiger partial charge in [0.1, 0.15) is 6.10 Å². The Bertz CT molecular complexity index is 647. The molecule has 1 aliphatic rings. The van der Waals surface area contributed by atoms with E-state index in [2.05, 4.69) is 5.32 Å². The molecule has 1 aromatic heterocycles. The van der Waals surface area contributed by atoms with Crippen LogP contribution >= 0.6 is 11.3 Å². The molecule has 2 aromatic rings. The average Bonchev–Trinajstić information content (AvgIpc) is 3.30. The number of benzene rings is 1. The Morgan fingerprint density at radius 2 is 1.92 bits per heavy atom. The summed E-state index contributed by atoms with van der Waals surface area (Å²) in [5, 5.41) is 13.4. The summed E-state index contributed by atoms with van der Waals surface area (Å²) >= 11 is 1.56. The van der Waals surface area contributed by atoms with Gasteiger partial charge >= 0.3 is 0 Å². The number of nitrogens with one attached hydrogen (secondary N) is 1. The first kappa shape index (κ1) is 17.2. The van der Waals surface area contributed by atoms with Crippen molar-refractivity contribution in [1.82, 2.24) is 5.32 Å². The first-order valence-electron chi connectivity index (χ1n) is 8.80. The van der Waals surface area contributed by atoms with Crippen molar-refractivity contribution in [1.29, 1.82) is 0 Å². The van der Waals surface area contributed by atoms with Crippen LogP contribution in [0.4, 0.5) is 0 Å². The fourth-order valence-corrected chi connectivity index (χ4v) is 4.31. The standard InChI is InChI=1S/C20H25NO2S/c22-19(13-10-15-6-4-5-7-15)21-14-17-11-12-18(24-17)20(23)16-8-2-1-3-9-16/h1-3,8-9,11-12,15,20,23H,4-7,10,13-14H2,(H,21,22). The maximum atomic E-state index is 12.0. The summed E-state index contributed by atoms with van der Waals surface area (Å²) < 4.78 is 0. The van der Waals surface area contributed by atoms with Gasteiger partial charge in [0.25, 0.3) is 0 Å². The molecule has 1 fully saturated rings. The van der Waals surface area contributed by atoms with E-state index in [1.807, 2.05) is 42.5 Å². The quantitative estimate of drug-likeness (QED) is 0.782. The molecule has 1 amide bonds. The van der Waals surface area contributed by atoms with Gasteiger partial charge < -0.3 is 10.4 Å². The maximum Gasteiger partial charge on any atom is 0.220 e. The van der Waals surface area contributed by atoms with Gasteiger partial charge in [0, 0.05) is 16.2 Å². The Hall–Kier alpha value is -1.65. The number of hydrogen-bond acceptors (Lipinski definition) is 3. The molecule has 1 aliphatic carbocycles. The molecule has 0 spiro atoms. The number of aliphatic hydroxyl groups is 1. The van der Waals surface area contributed by atoms with E-state index in [4.69, 9.17) is 0 Å². The lowest BCUT2D eigenvalue weighted by molar-refractivity contribution is -0.121. The number of carbonyl (C=O) groups excluding carboxylic acids is 1. The summed E-state index contributed by atoms with van der Waals surface area (Å²) in [4.78, 5) is 14.0. The fourth-order valence-electron chi connectivity index (χ4n) is 3.34. The molecule has 1 saturated carbocycles. The van der Waals surface area contributed by atoms with Gasteiger partial charge in [0.15, 0.2) is 0 Å². The van der Waals surface area contributed by atoms with E-state index >= 15 is 0 Å².